The minimum atomic E-state index is -4.73. The lowest BCUT2D eigenvalue weighted by Gasteiger charge is -2.38. The second-order valence-electron chi connectivity index (χ2n) is 15.9. The monoisotopic (exact) mass is 844 g/mol. The van der Waals surface area contributed by atoms with Gasteiger partial charge in [0.05, 0.1) is 39.9 Å². The van der Waals surface area contributed by atoms with Crippen LogP contribution in [0, 0.1) is 12.7 Å². The van der Waals surface area contributed by atoms with E-state index in [0.29, 0.717) is 42.2 Å². The minimum absolute atomic E-state index is 0.0279. The second-order valence-corrected chi connectivity index (χ2v) is 15.9. The number of benzene rings is 3. The molecule has 0 bridgehead atoms. The Kier molecular flexibility index (Phi) is 12.2. The number of halogens is 4. The highest BCUT2D eigenvalue weighted by Crippen LogP contribution is 2.41. The average Bonchev–Trinajstić information content (AvgIpc) is 3.53. The Labute approximate surface area is 350 Å². The average molecular weight is 845 g/mol. The van der Waals surface area contributed by atoms with Crippen LogP contribution < -0.4 is 30.9 Å². The van der Waals surface area contributed by atoms with Gasteiger partial charge in [-0.05, 0) is 88.0 Å². The molecule has 1 aromatic heterocycles. The predicted octanol–water partition coefficient (Wildman–Crippen LogP) is 7.04. The Morgan fingerprint density at radius 3 is 2.43 bits per heavy atom. The predicted molar refractivity (Wildman–Crippen MR) is 222 cm³/mol. The normalized spacial score (nSPS) is 17.2. The fraction of sp³-hybridized carbons (Fsp3) is 0.386. The summed E-state index contributed by atoms with van der Waals surface area (Å²) >= 11 is 0. The van der Waals surface area contributed by atoms with E-state index < -0.39 is 41.3 Å². The van der Waals surface area contributed by atoms with Crippen LogP contribution in [-0.4, -0.2) is 83.8 Å². The number of pyridine rings is 1. The van der Waals surface area contributed by atoms with Crippen LogP contribution in [0.25, 0.3) is 0 Å². The molecule has 4 aromatic rings. The molecule has 4 heterocycles. The van der Waals surface area contributed by atoms with Gasteiger partial charge < -0.3 is 30.5 Å². The summed E-state index contributed by atoms with van der Waals surface area (Å²) in [4.78, 5) is 59.7. The van der Waals surface area contributed by atoms with Crippen molar-refractivity contribution < 1.29 is 41.5 Å². The summed E-state index contributed by atoms with van der Waals surface area (Å²) in [7, 11) is 3.43. The Hall–Kier alpha value is -6.23. The molecule has 3 aliphatic heterocycles. The van der Waals surface area contributed by atoms with E-state index in [4.69, 9.17) is 4.74 Å². The number of para-hydroxylation sites is 1. The molecule has 0 aliphatic carbocycles. The smallest absolute Gasteiger partial charge is 0.419 e. The summed E-state index contributed by atoms with van der Waals surface area (Å²) in [5.74, 6) is -1.95. The number of carbonyl (C=O) groups excluding carboxylic acids is 4. The van der Waals surface area contributed by atoms with Crippen LogP contribution >= 0.6 is 0 Å². The first-order chi connectivity index (χ1) is 29.0. The fourth-order valence-electron chi connectivity index (χ4n) is 8.30. The number of alkyl halides is 3. The van der Waals surface area contributed by atoms with Gasteiger partial charge in [0.25, 0.3) is 11.8 Å². The minimum Gasteiger partial charge on any atom is -0.489 e. The van der Waals surface area contributed by atoms with Gasteiger partial charge in [-0.15, -0.1) is 0 Å². The van der Waals surface area contributed by atoms with Crippen molar-refractivity contribution in [3.8, 4) is 5.75 Å². The van der Waals surface area contributed by atoms with Gasteiger partial charge in [0.2, 0.25) is 11.8 Å². The third-order valence-electron chi connectivity index (χ3n) is 11.3. The molecule has 17 heteroatoms. The van der Waals surface area contributed by atoms with Gasteiger partial charge in [0.15, 0.2) is 0 Å². The SMILES string of the molecule is CNC(=O)c1ccccc1Nc1cc(Nc2cc(C)c(N3CCC(N(C)Cc4cc(F)c5c(c4)CN(C4CCC(=O)NC4=O)C5=O)CC3)cc2OC(C)C)ncc1C(F)(F)F. The Bertz CT molecular complexity index is 2360. The maximum absolute atomic E-state index is 15.4. The summed E-state index contributed by atoms with van der Waals surface area (Å²) in [6, 6.07) is 13.9. The molecule has 322 valence electrons. The first-order valence-corrected chi connectivity index (χ1v) is 20.2. The van der Waals surface area contributed by atoms with Gasteiger partial charge in [-0.3, -0.25) is 29.4 Å². The Morgan fingerprint density at radius 1 is 1.00 bits per heavy atom. The zero-order chi connectivity index (χ0) is 43.7. The molecule has 1 atom stereocenters. The van der Waals surface area contributed by atoms with Crippen molar-refractivity contribution in [2.24, 2.45) is 0 Å². The lowest BCUT2D eigenvalue weighted by Crippen LogP contribution is -2.52. The number of hydrogen-bond donors (Lipinski definition) is 4. The molecule has 3 aromatic carbocycles. The van der Waals surface area contributed by atoms with Crippen molar-refractivity contribution >= 4 is 52.2 Å². The number of piperidine rings is 2. The van der Waals surface area contributed by atoms with Crippen molar-refractivity contribution in [1.29, 1.82) is 0 Å². The number of rotatable bonds is 12. The molecule has 3 aliphatic rings. The molecule has 2 saturated heterocycles. The van der Waals surface area contributed by atoms with Gasteiger partial charge in [-0.1, -0.05) is 18.2 Å². The van der Waals surface area contributed by atoms with Crippen molar-refractivity contribution in [3.05, 3.63) is 100.0 Å². The topological polar surface area (TPSA) is 148 Å². The third-order valence-corrected chi connectivity index (χ3v) is 11.3. The van der Waals surface area contributed by atoms with Crippen molar-refractivity contribution in [2.75, 3.05) is 42.7 Å². The molecule has 0 radical (unpaired) electrons. The van der Waals surface area contributed by atoms with Crippen LogP contribution in [0.5, 0.6) is 5.75 Å². The van der Waals surface area contributed by atoms with E-state index in [-0.39, 0.29) is 65.8 Å². The van der Waals surface area contributed by atoms with Gasteiger partial charge in [-0.2, -0.15) is 13.2 Å². The fourth-order valence-corrected chi connectivity index (χ4v) is 8.30. The first-order valence-electron chi connectivity index (χ1n) is 20.2. The summed E-state index contributed by atoms with van der Waals surface area (Å²) in [5.41, 5.74) is 2.65. The Balaban J connectivity index is 1.04. The molecule has 0 spiro atoms. The van der Waals surface area contributed by atoms with Crippen LogP contribution in [0.4, 0.5) is 46.1 Å². The van der Waals surface area contributed by atoms with Crippen LogP contribution in [0.15, 0.2) is 60.8 Å². The number of ether oxygens (including phenoxy) is 1. The zero-order valence-corrected chi connectivity index (χ0v) is 34.5. The van der Waals surface area contributed by atoms with Gasteiger partial charge in [0.1, 0.15) is 23.4 Å². The van der Waals surface area contributed by atoms with E-state index >= 15 is 4.39 Å². The summed E-state index contributed by atoms with van der Waals surface area (Å²) in [6.07, 6.45) is -2.28. The van der Waals surface area contributed by atoms with Gasteiger partial charge >= 0.3 is 6.18 Å². The number of imide groups is 1. The number of aryl methyl sites for hydroxylation is 1. The molecule has 13 nitrogen and oxygen atoms in total. The summed E-state index contributed by atoms with van der Waals surface area (Å²) < 4.78 is 64.2. The van der Waals surface area contributed by atoms with E-state index in [9.17, 15) is 32.3 Å². The van der Waals surface area contributed by atoms with Crippen molar-refractivity contribution in [3.63, 3.8) is 0 Å². The number of carbonyl (C=O) groups is 4. The summed E-state index contributed by atoms with van der Waals surface area (Å²) in [5, 5.41) is 10.7. The van der Waals surface area contributed by atoms with Crippen molar-refractivity contribution in [2.45, 2.75) is 83.9 Å². The lowest BCUT2D eigenvalue weighted by molar-refractivity contribution is -0.138. The third kappa shape index (κ3) is 9.26. The molecular formula is C44H48F4N8O5. The van der Waals surface area contributed by atoms with Gasteiger partial charge in [-0.25, -0.2) is 9.37 Å². The Morgan fingerprint density at radius 2 is 1.74 bits per heavy atom. The van der Waals surface area contributed by atoms with E-state index in [1.165, 1.54) is 36.2 Å². The number of hydrogen-bond acceptors (Lipinski definition) is 10. The van der Waals surface area contributed by atoms with Crippen LogP contribution in [0.1, 0.15) is 82.5 Å². The molecule has 4 amide bonds. The van der Waals surface area contributed by atoms with Crippen molar-refractivity contribution in [1.82, 2.24) is 25.4 Å². The van der Waals surface area contributed by atoms with Crippen LogP contribution in [0.3, 0.4) is 0 Å². The van der Waals surface area contributed by atoms with Crippen LogP contribution in [0.2, 0.25) is 0 Å². The number of nitrogens with zero attached hydrogens (tertiary/aromatic N) is 4. The number of anilines is 5. The van der Waals surface area contributed by atoms with Gasteiger partial charge in [0, 0.05) is 69.7 Å². The molecule has 4 N–H and O–H groups in total. The maximum atomic E-state index is 15.4. The molecule has 2 fully saturated rings. The number of aromatic nitrogens is 1. The highest BCUT2D eigenvalue weighted by Gasteiger charge is 2.41. The second kappa shape index (κ2) is 17.4. The number of amides is 4. The largest absolute Gasteiger partial charge is 0.489 e. The number of fused-ring (bicyclic) bond motifs is 1. The zero-order valence-electron chi connectivity index (χ0n) is 34.5. The van der Waals surface area contributed by atoms with E-state index in [0.717, 1.165) is 30.3 Å². The van der Waals surface area contributed by atoms with Crippen LogP contribution in [-0.2, 0) is 28.9 Å². The number of nitrogens with one attached hydrogen (secondary N) is 4. The van der Waals surface area contributed by atoms with E-state index in [1.807, 2.05) is 46.0 Å². The molecule has 7 rings (SSSR count). The highest BCUT2D eigenvalue weighted by atomic mass is 19.4. The standard InChI is InChI=1S/C44H48F4N8O5/c1-24(2)61-37-20-36(25(3)16-34(37)52-38-19-33(30(21-50-38)44(46,47)48)51-32-9-7-6-8-29(32)41(58)49-4)55-14-12-28(13-15-55)54(5)22-26-17-27-23-56(43(60)40(27)31(45)18-26)35-10-11-39(57)53-42(35)59/h6-9,16-21,24,28,35H,10-15,22-23H2,1-5H3,(H,49,58)(H2,50,51,52)(H,53,57,59). The highest BCUT2D eigenvalue weighted by molar-refractivity contribution is 6.05. The summed E-state index contributed by atoms with van der Waals surface area (Å²) in [6.45, 7) is 7.68. The first kappa shape index (κ1) is 42.9. The molecular weight excluding hydrogens is 797 g/mol. The molecule has 61 heavy (non-hydrogen) atoms. The molecule has 1 unspecified atom stereocenters. The lowest BCUT2D eigenvalue weighted by atomic mass is 10.00. The quantitative estimate of drug-likeness (QED) is 0.0865. The van der Waals surface area contributed by atoms with E-state index in [1.54, 1.807) is 12.1 Å². The maximum Gasteiger partial charge on any atom is 0.419 e. The molecule has 0 saturated carbocycles. The van der Waals surface area contributed by atoms with E-state index in [2.05, 4.69) is 36.1 Å².